The fourth-order valence-corrected chi connectivity index (χ4v) is 2.98. The van der Waals surface area contributed by atoms with Crippen LogP contribution in [0.15, 0.2) is 11.4 Å². The molecule has 1 aliphatic heterocycles. The van der Waals surface area contributed by atoms with Gasteiger partial charge in [0.1, 0.15) is 35.5 Å². The molecule has 0 saturated carbocycles. The highest BCUT2D eigenvalue weighted by atomic mass is 32.2. The molecule has 0 aromatic carbocycles. The molecular weight excluding hydrogens is 296 g/mol. The molecule has 1 saturated heterocycles. The topological polar surface area (TPSA) is 145 Å². The number of fused-ring (bicyclic) bond motifs is 1. The molecule has 2 aromatic heterocycles. The van der Waals surface area contributed by atoms with E-state index in [9.17, 15) is 10.2 Å². The Balaban J connectivity index is 2.11. The number of nitrogens with two attached hydrogens (primary N) is 2. The number of rotatable bonds is 3. The van der Waals surface area contributed by atoms with Gasteiger partial charge in [-0.2, -0.15) is 5.10 Å². The van der Waals surface area contributed by atoms with Gasteiger partial charge in [-0.1, -0.05) is 0 Å². The van der Waals surface area contributed by atoms with Crippen LogP contribution in [0.25, 0.3) is 11.0 Å². The summed E-state index contributed by atoms with van der Waals surface area (Å²) in [6, 6.07) is 0. The van der Waals surface area contributed by atoms with E-state index in [0.29, 0.717) is 21.9 Å². The summed E-state index contributed by atoms with van der Waals surface area (Å²) in [5.74, 6) is 0.305. The number of hydrogen-bond donors (Lipinski definition) is 4. The third kappa shape index (κ3) is 2.15. The van der Waals surface area contributed by atoms with Gasteiger partial charge in [-0.05, 0) is 6.26 Å². The minimum absolute atomic E-state index is 0.0977. The molecule has 10 heteroatoms. The highest BCUT2D eigenvalue weighted by Crippen LogP contribution is 2.34. The zero-order chi connectivity index (χ0) is 15.1. The largest absolute Gasteiger partial charge is 0.387 e. The predicted octanol–water partition coefficient (Wildman–Crippen LogP) is -1.29. The van der Waals surface area contributed by atoms with Crippen molar-refractivity contribution in [2.45, 2.75) is 29.6 Å². The average Bonchev–Trinajstić information content (AvgIpc) is 2.99. The second kappa shape index (κ2) is 5.39. The van der Waals surface area contributed by atoms with E-state index >= 15 is 0 Å². The SMILES string of the molecule is CSc1nn([C@@H]2O[C@H](CN)[C@@H](O)[C@H]2O)c2ncnc(N)c12. The Kier molecular flexibility index (Phi) is 3.71. The first-order chi connectivity index (χ1) is 10.1. The van der Waals surface area contributed by atoms with Crippen LogP contribution in [0.2, 0.25) is 0 Å². The first-order valence-electron chi connectivity index (χ1n) is 6.32. The van der Waals surface area contributed by atoms with Gasteiger partial charge in [0.2, 0.25) is 0 Å². The smallest absolute Gasteiger partial charge is 0.181 e. The molecule has 0 aliphatic carbocycles. The number of thioether (sulfide) groups is 1. The average molecular weight is 312 g/mol. The molecule has 0 spiro atoms. The number of hydrogen-bond acceptors (Lipinski definition) is 9. The number of nitrogen functional groups attached to an aromatic ring is 1. The maximum absolute atomic E-state index is 10.2. The second-order valence-corrected chi connectivity index (χ2v) is 5.49. The Morgan fingerprint density at radius 1 is 1.38 bits per heavy atom. The molecule has 0 bridgehead atoms. The van der Waals surface area contributed by atoms with Crippen LogP contribution in [0.5, 0.6) is 0 Å². The number of aromatic nitrogens is 4. The molecule has 9 nitrogen and oxygen atoms in total. The zero-order valence-electron chi connectivity index (χ0n) is 11.2. The van der Waals surface area contributed by atoms with E-state index in [1.165, 1.54) is 22.8 Å². The lowest BCUT2D eigenvalue weighted by molar-refractivity contribution is -0.0399. The lowest BCUT2D eigenvalue weighted by atomic mass is 10.1. The number of aliphatic hydroxyl groups is 2. The van der Waals surface area contributed by atoms with E-state index in [0.717, 1.165) is 0 Å². The van der Waals surface area contributed by atoms with Crippen LogP contribution in [0.3, 0.4) is 0 Å². The van der Waals surface area contributed by atoms with Gasteiger partial charge in [0.05, 0.1) is 5.39 Å². The van der Waals surface area contributed by atoms with Crippen LogP contribution in [0, 0.1) is 0 Å². The highest BCUT2D eigenvalue weighted by molar-refractivity contribution is 7.98. The molecule has 2 aromatic rings. The highest BCUT2D eigenvalue weighted by Gasteiger charge is 2.44. The van der Waals surface area contributed by atoms with Gasteiger partial charge < -0.3 is 26.4 Å². The normalized spacial score (nSPS) is 29.3. The third-order valence-corrected chi connectivity index (χ3v) is 4.16. The van der Waals surface area contributed by atoms with Crippen LogP contribution in [-0.4, -0.2) is 61.1 Å². The van der Waals surface area contributed by atoms with Gasteiger partial charge in [-0.3, -0.25) is 0 Å². The lowest BCUT2D eigenvalue weighted by Crippen LogP contribution is -2.35. The maximum atomic E-state index is 10.2. The van der Waals surface area contributed by atoms with Crippen molar-refractivity contribution < 1.29 is 14.9 Å². The second-order valence-electron chi connectivity index (χ2n) is 4.69. The first kappa shape index (κ1) is 14.5. The predicted molar refractivity (Wildman–Crippen MR) is 76.5 cm³/mol. The monoisotopic (exact) mass is 312 g/mol. The fraction of sp³-hybridized carbons (Fsp3) is 0.545. The van der Waals surface area contributed by atoms with Crippen molar-refractivity contribution in [3.63, 3.8) is 0 Å². The third-order valence-electron chi connectivity index (χ3n) is 3.49. The molecule has 1 fully saturated rings. The fourth-order valence-electron chi connectivity index (χ4n) is 2.41. The zero-order valence-corrected chi connectivity index (χ0v) is 12.1. The van der Waals surface area contributed by atoms with Crippen molar-refractivity contribution in [3.05, 3.63) is 6.33 Å². The standard InChI is InChI=1S/C11H16N6O3S/c1-21-10-5-8(13)14-3-15-9(5)17(16-10)11-7(19)6(18)4(2-12)20-11/h3-4,6-7,11,18-19H,2,12H2,1H3,(H2,13,14,15)/t4-,6-,7-,11-/m1/s1. The van der Waals surface area contributed by atoms with E-state index in [1.807, 2.05) is 6.26 Å². The molecule has 0 amide bonds. The first-order valence-corrected chi connectivity index (χ1v) is 7.55. The van der Waals surface area contributed by atoms with Gasteiger partial charge in [0.25, 0.3) is 0 Å². The molecule has 4 atom stereocenters. The van der Waals surface area contributed by atoms with Crippen molar-refractivity contribution in [1.29, 1.82) is 0 Å². The van der Waals surface area contributed by atoms with E-state index < -0.39 is 24.5 Å². The number of ether oxygens (including phenoxy) is 1. The summed E-state index contributed by atoms with van der Waals surface area (Å²) in [6.45, 7) is 0.0977. The van der Waals surface area contributed by atoms with E-state index in [1.54, 1.807) is 0 Å². The van der Waals surface area contributed by atoms with Crippen LogP contribution in [-0.2, 0) is 4.74 Å². The molecular formula is C11H16N6O3S. The number of nitrogens with zero attached hydrogens (tertiary/aromatic N) is 4. The van der Waals surface area contributed by atoms with Crippen LogP contribution in [0.1, 0.15) is 6.23 Å². The van der Waals surface area contributed by atoms with E-state index in [-0.39, 0.29) is 6.54 Å². The van der Waals surface area contributed by atoms with Gasteiger partial charge in [-0.25, -0.2) is 14.6 Å². The minimum Gasteiger partial charge on any atom is -0.387 e. The summed E-state index contributed by atoms with van der Waals surface area (Å²) in [5, 5.41) is 25.7. The van der Waals surface area contributed by atoms with Crippen LogP contribution in [0.4, 0.5) is 5.82 Å². The molecule has 0 radical (unpaired) electrons. The summed E-state index contributed by atoms with van der Waals surface area (Å²) >= 11 is 1.38. The summed E-state index contributed by atoms with van der Waals surface area (Å²) in [6.07, 6.45) is -0.573. The number of anilines is 1. The van der Waals surface area contributed by atoms with Crippen molar-refractivity contribution in [2.24, 2.45) is 5.73 Å². The van der Waals surface area contributed by atoms with Gasteiger partial charge in [-0.15, -0.1) is 11.8 Å². The summed E-state index contributed by atoms with van der Waals surface area (Å²) in [4.78, 5) is 8.11. The lowest BCUT2D eigenvalue weighted by Gasteiger charge is -2.15. The molecule has 6 N–H and O–H groups in total. The van der Waals surface area contributed by atoms with Crippen molar-refractivity contribution in [1.82, 2.24) is 19.7 Å². The molecule has 21 heavy (non-hydrogen) atoms. The minimum atomic E-state index is -1.15. The Hall–Kier alpha value is -1.46. The molecule has 114 valence electrons. The van der Waals surface area contributed by atoms with E-state index in [2.05, 4.69) is 15.1 Å². The van der Waals surface area contributed by atoms with Crippen LogP contribution >= 0.6 is 11.8 Å². The Morgan fingerprint density at radius 2 is 2.14 bits per heavy atom. The quantitative estimate of drug-likeness (QED) is 0.508. The van der Waals surface area contributed by atoms with Crippen molar-refractivity contribution in [3.8, 4) is 0 Å². The van der Waals surface area contributed by atoms with Crippen molar-refractivity contribution >= 4 is 28.6 Å². The Labute approximate surface area is 124 Å². The maximum Gasteiger partial charge on any atom is 0.181 e. The van der Waals surface area contributed by atoms with E-state index in [4.69, 9.17) is 16.2 Å². The van der Waals surface area contributed by atoms with Gasteiger partial charge >= 0.3 is 0 Å². The number of aliphatic hydroxyl groups excluding tert-OH is 2. The van der Waals surface area contributed by atoms with Gasteiger partial charge in [0.15, 0.2) is 11.9 Å². The Morgan fingerprint density at radius 3 is 2.76 bits per heavy atom. The summed E-state index contributed by atoms with van der Waals surface area (Å²) < 4.78 is 7.01. The van der Waals surface area contributed by atoms with Gasteiger partial charge in [0, 0.05) is 6.54 Å². The summed E-state index contributed by atoms with van der Waals surface area (Å²) in [5.41, 5.74) is 11.8. The summed E-state index contributed by atoms with van der Waals surface area (Å²) in [7, 11) is 0. The molecule has 3 heterocycles. The molecule has 1 aliphatic rings. The van der Waals surface area contributed by atoms with Crippen molar-refractivity contribution in [2.75, 3.05) is 18.5 Å². The molecule has 3 rings (SSSR count). The van der Waals surface area contributed by atoms with Crippen LogP contribution < -0.4 is 11.5 Å². The Bertz CT molecular complexity index is 665. The molecule has 0 unspecified atom stereocenters.